The first kappa shape index (κ1) is 11.0. The van der Waals surface area contributed by atoms with E-state index in [2.05, 4.69) is 27.9 Å². The van der Waals surface area contributed by atoms with Gasteiger partial charge in [0.25, 0.3) is 0 Å². The van der Waals surface area contributed by atoms with Gasteiger partial charge in [0.2, 0.25) is 0 Å². The van der Waals surface area contributed by atoms with Gasteiger partial charge in [-0.25, -0.2) is 5.84 Å². The molecule has 1 aromatic rings. The molecule has 1 rings (SSSR count). The van der Waals surface area contributed by atoms with Crippen LogP contribution in [0, 0.1) is 0 Å². The molecular weight excluding hydrogens is 202 g/mol. The van der Waals surface area contributed by atoms with E-state index in [0.29, 0.717) is 11.0 Å². The number of anilines is 2. The summed E-state index contributed by atoms with van der Waals surface area (Å²) in [7, 11) is 0. The van der Waals surface area contributed by atoms with E-state index < -0.39 is 0 Å². The molecule has 14 heavy (non-hydrogen) atoms. The molecule has 0 aliphatic carbocycles. The molecule has 0 saturated carbocycles. The first-order chi connectivity index (χ1) is 6.77. The van der Waals surface area contributed by atoms with Crippen LogP contribution in [0.1, 0.15) is 19.8 Å². The van der Waals surface area contributed by atoms with Crippen LogP contribution < -0.4 is 16.6 Å². The highest BCUT2D eigenvalue weighted by atomic mass is 35.5. The molecule has 0 radical (unpaired) electrons. The molecule has 0 aromatic carbocycles. The van der Waals surface area contributed by atoms with Crippen molar-refractivity contribution in [3.05, 3.63) is 11.2 Å². The highest BCUT2D eigenvalue weighted by Gasteiger charge is 2.03. The summed E-state index contributed by atoms with van der Waals surface area (Å²) in [5.41, 5.74) is 3.23. The van der Waals surface area contributed by atoms with Crippen LogP contribution in [0.25, 0.3) is 0 Å². The Kier molecular flexibility index (Phi) is 4.42. The molecule has 0 fully saturated rings. The van der Waals surface area contributed by atoms with Gasteiger partial charge in [0.1, 0.15) is 0 Å². The first-order valence-corrected chi connectivity index (χ1v) is 4.89. The molecule has 0 aliphatic rings. The maximum atomic E-state index is 5.70. The molecular formula is C8H14ClN5. The molecule has 0 unspecified atom stereocenters. The van der Waals surface area contributed by atoms with Crippen LogP contribution in [-0.4, -0.2) is 16.7 Å². The van der Waals surface area contributed by atoms with Gasteiger partial charge in [0.15, 0.2) is 11.0 Å². The van der Waals surface area contributed by atoms with Crippen LogP contribution in [0.3, 0.4) is 0 Å². The van der Waals surface area contributed by atoms with E-state index in [1.807, 2.05) is 0 Å². The zero-order valence-electron chi connectivity index (χ0n) is 8.05. The van der Waals surface area contributed by atoms with Crippen LogP contribution in [0.15, 0.2) is 6.07 Å². The molecule has 0 aliphatic heterocycles. The number of hydrogen-bond acceptors (Lipinski definition) is 5. The predicted octanol–water partition coefficient (Wildman–Crippen LogP) is 1.63. The predicted molar refractivity (Wildman–Crippen MR) is 58.2 cm³/mol. The minimum absolute atomic E-state index is 0.350. The quantitative estimate of drug-likeness (QED) is 0.396. The summed E-state index contributed by atoms with van der Waals surface area (Å²) in [4.78, 5) is 0. The molecule has 0 atom stereocenters. The summed E-state index contributed by atoms with van der Waals surface area (Å²) in [5.74, 6) is 5.77. The van der Waals surface area contributed by atoms with Gasteiger partial charge < -0.3 is 10.7 Å². The Labute approximate surface area is 88.0 Å². The lowest BCUT2D eigenvalue weighted by Gasteiger charge is -2.09. The van der Waals surface area contributed by atoms with E-state index in [1.54, 1.807) is 6.07 Å². The Morgan fingerprint density at radius 2 is 2.29 bits per heavy atom. The largest absolute Gasteiger partial charge is 0.382 e. The number of unbranched alkanes of at least 4 members (excludes halogenated alkanes) is 1. The summed E-state index contributed by atoms with van der Waals surface area (Å²) in [5, 5.41) is 11.0. The second-order valence-corrected chi connectivity index (χ2v) is 3.24. The van der Waals surface area contributed by atoms with E-state index in [0.717, 1.165) is 25.1 Å². The van der Waals surface area contributed by atoms with Crippen LogP contribution in [0.2, 0.25) is 5.15 Å². The zero-order valence-corrected chi connectivity index (χ0v) is 8.80. The average molecular weight is 216 g/mol. The molecule has 0 bridgehead atoms. The molecule has 78 valence electrons. The molecule has 5 nitrogen and oxygen atoms in total. The van der Waals surface area contributed by atoms with E-state index >= 15 is 0 Å². The molecule has 0 saturated heterocycles. The van der Waals surface area contributed by atoms with Crippen molar-refractivity contribution in [2.75, 3.05) is 17.3 Å². The van der Waals surface area contributed by atoms with Gasteiger partial charge in [-0.3, -0.25) is 0 Å². The molecule has 0 spiro atoms. The Balaban J connectivity index is 2.67. The van der Waals surface area contributed by atoms with E-state index in [1.165, 1.54) is 0 Å². The standard InChI is InChI=1S/C8H14ClN5/c1-2-3-4-11-6-5-7(9)13-14-8(6)12-10/h5H,2-4,10H2,1H3,(H,11,13)(H,12,14). The van der Waals surface area contributed by atoms with E-state index in [9.17, 15) is 0 Å². The van der Waals surface area contributed by atoms with Crippen molar-refractivity contribution in [3.8, 4) is 0 Å². The van der Waals surface area contributed by atoms with Crippen molar-refractivity contribution in [1.82, 2.24) is 10.2 Å². The highest BCUT2D eigenvalue weighted by molar-refractivity contribution is 6.29. The fourth-order valence-corrected chi connectivity index (χ4v) is 1.16. The molecule has 1 heterocycles. The minimum atomic E-state index is 0.350. The second kappa shape index (κ2) is 5.62. The molecule has 0 amide bonds. The fraction of sp³-hybridized carbons (Fsp3) is 0.500. The third kappa shape index (κ3) is 3.01. The number of rotatable bonds is 5. The van der Waals surface area contributed by atoms with Crippen LogP contribution in [-0.2, 0) is 0 Å². The van der Waals surface area contributed by atoms with Gasteiger partial charge in [0, 0.05) is 12.6 Å². The lowest BCUT2D eigenvalue weighted by atomic mass is 10.3. The smallest absolute Gasteiger partial charge is 0.186 e. The first-order valence-electron chi connectivity index (χ1n) is 4.51. The zero-order chi connectivity index (χ0) is 10.4. The Morgan fingerprint density at radius 3 is 2.93 bits per heavy atom. The van der Waals surface area contributed by atoms with Crippen molar-refractivity contribution < 1.29 is 0 Å². The van der Waals surface area contributed by atoms with Crippen molar-refractivity contribution in [2.24, 2.45) is 5.84 Å². The molecule has 6 heteroatoms. The number of nitrogen functional groups attached to an aromatic ring is 1. The second-order valence-electron chi connectivity index (χ2n) is 2.85. The number of hydrazine groups is 1. The van der Waals surface area contributed by atoms with E-state index in [4.69, 9.17) is 17.4 Å². The van der Waals surface area contributed by atoms with Gasteiger partial charge in [0.05, 0.1) is 5.69 Å². The van der Waals surface area contributed by atoms with Crippen molar-refractivity contribution >= 4 is 23.1 Å². The number of nitrogens with one attached hydrogen (secondary N) is 2. The van der Waals surface area contributed by atoms with Gasteiger partial charge in [-0.1, -0.05) is 24.9 Å². The van der Waals surface area contributed by atoms with Gasteiger partial charge in [-0.05, 0) is 6.42 Å². The number of aromatic nitrogens is 2. The number of hydrogen-bond donors (Lipinski definition) is 3. The SMILES string of the molecule is CCCCNc1cc(Cl)nnc1NN. The fourth-order valence-electron chi connectivity index (χ4n) is 1.01. The summed E-state index contributed by atoms with van der Waals surface area (Å²) in [6.45, 7) is 2.99. The van der Waals surface area contributed by atoms with Gasteiger partial charge in [-0.2, -0.15) is 0 Å². The number of nitrogens with zero attached hydrogens (tertiary/aromatic N) is 2. The van der Waals surface area contributed by atoms with Gasteiger partial charge in [-0.15, -0.1) is 10.2 Å². The monoisotopic (exact) mass is 215 g/mol. The molecule has 1 aromatic heterocycles. The van der Waals surface area contributed by atoms with Crippen molar-refractivity contribution in [3.63, 3.8) is 0 Å². The summed E-state index contributed by atoms with van der Waals surface area (Å²) in [6.07, 6.45) is 2.22. The minimum Gasteiger partial charge on any atom is -0.382 e. The Bertz CT molecular complexity index is 291. The van der Waals surface area contributed by atoms with Crippen LogP contribution in [0.5, 0.6) is 0 Å². The van der Waals surface area contributed by atoms with Crippen LogP contribution >= 0.6 is 11.6 Å². The van der Waals surface area contributed by atoms with Crippen molar-refractivity contribution in [2.45, 2.75) is 19.8 Å². The number of halogens is 1. The number of nitrogens with two attached hydrogens (primary N) is 1. The summed E-state index contributed by atoms with van der Waals surface area (Å²) in [6, 6.07) is 1.69. The average Bonchev–Trinajstić information content (AvgIpc) is 2.19. The van der Waals surface area contributed by atoms with Crippen LogP contribution in [0.4, 0.5) is 11.5 Å². The maximum absolute atomic E-state index is 5.70. The Hall–Kier alpha value is -1.07. The Morgan fingerprint density at radius 1 is 1.50 bits per heavy atom. The highest BCUT2D eigenvalue weighted by Crippen LogP contribution is 2.19. The topological polar surface area (TPSA) is 75.9 Å². The van der Waals surface area contributed by atoms with E-state index in [-0.39, 0.29) is 0 Å². The molecule has 4 N–H and O–H groups in total. The summed E-state index contributed by atoms with van der Waals surface area (Å²) >= 11 is 5.70. The van der Waals surface area contributed by atoms with Crippen molar-refractivity contribution in [1.29, 1.82) is 0 Å². The third-order valence-corrected chi connectivity index (χ3v) is 1.93. The normalized spacial score (nSPS) is 9.93. The third-order valence-electron chi connectivity index (χ3n) is 1.75. The summed E-state index contributed by atoms with van der Waals surface area (Å²) < 4.78 is 0. The van der Waals surface area contributed by atoms with Gasteiger partial charge >= 0.3 is 0 Å². The lowest BCUT2D eigenvalue weighted by molar-refractivity contribution is 0.833. The lowest BCUT2D eigenvalue weighted by Crippen LogP contribution is -2.13. The maximum Gasteiger partial charge on any atom is 0.186 e.